The molecular weight excluding hydrogens is 188 g/mol. The Balaban J connectivity index is 2.14. The summed E-state index contributed by atoms with van der Waals surface area (Å²) in [6.07, 6.45) is 4.61. The lowest BCUT2D eigenvalue weighted by Gasteiger charge is -2.19. The Morgan fingerprint density at radius 1 is 1.53 bits per heavy atom. The number of hydrogen-bond acceptors (Lipinski definition) is 3. The summed E-state index contributed by atoms with van der Waals surface area (Å²) >= 11 is 0. The van der Waals surface area contributed by atoms with Crippen molar-refractivity contribution in [3.05, 3.63) is 23.9 Å². The van der Waals surface area contributed by atoms with Gasteiger partial charge in [-0.05, 0) is 30.7 Å². The molecule has 0 aromatic carbocycles. The molecular formula is C12H18N2O. The average molecular weight is 206 g/mol. The molecule has 1 aliphatic carbocycles. The van der Waals surface area contributed by atoms with Crippen molar-refractivity contribution in [2.75, 3.05) is 5.73 Å². The Morgan fingerprint density at radius 2 is 2.33 bits per heavy atom. The molecule has 3 nitrogen and oxygen atoms in total. The highest BCUT2D eigenvalue weighted by Gasteiger charge is 2.29. The van der Waals surface area contributed by atoms with Crippen LogP contribution in [0.1, 0.15) is 37.9 Å². The number of aliphatic hydroxyl groups excluding tert-OH is 1. The topological polar surface area (TPSA) is 59.1 Å². The van der Waals surface area contributed by atoms with Gasteiger partial charge in [-0.25, -0.2) is 4.98 Å². The quantitative estimate of drug-likeness (QED) is 0.779. The van der Waals surface area contributed by atoms with Crippen LogP contribution in [0.15, 0.2) is 18.3 Å². The third-order valence-corrected chi connectivity index (χ3v) is 3.37. The maximum absolute atomic E-state index is 10.2. The predicted octanol–water partition coefficient (Wildman–Crippen LogP) is 2.13. The molecule has 0 radical (unpaired) electrons. The summed E-state index contributed by atoms with van der Waals surface area (Å²) in [7, 11) is 0. The normalized spacial score (nSPS) is 27.9. The van der Waals surface area contributed by atoms with E-state index in [1.165, 1.54) is 6.42 Å². The molecule has 1 aromatic rings. The van der Waals surface area contributed by atoms with Crippen molar-refractivity contribution in [2.45, 2.75) is 32.3 Å². The smallest absolute Gasteiger partial charge is 0.129 e. The molecule has 0 saturated heterocycles. The number of nitrogens with two attached hydrogens (primary N) is 1. The first kappa shape index (κ1) is 10.4. The summed E-state index contributed by atoms with van der Waals surface area (Å²) in [5.41, 5.74) is 6.54. The first-order valence-electron chi connectivity index (χ1n) is 5.57. The molecule has 3 heteroatoms. The molecule has 1 saturated carbocycles. The second-order valence-electron chi connectivity index (χ2n) is 4.60. The van der Waals surface area contributed by atoms with Crippen molar-refractivity contribution in [3.63, 3.8) is 0 Å². The number of pyridine rings is 1. The summed E-state index contributed by atoms with van der Waals surface area (Å²) in [4.78, 5) is 4.01. The first-order valence-corrected chi connectivity index (χ1v) is 5.57. The number of nitrogen functional groups attached to an aromatic ring is 1. The molecule has 1 fully saturated rings. The zero-order valence-electron chi connectivity index (χ0n) is 9.06. The van der Waals surface area contributed by atoms with E-state index in [-0.39, 0.29) is 0 Å². The minimum atomic E-state index is -0.441. The molecule has 1 aromatic heterocycles. The van der Waals surface area contributed by atoms with Crippen molar-refractivity contribution < 1.29 is 5.11 Å². The van der Waals surface area contributed by atoms with Gasteiger partial charge < -0.3 is 10.8 Å². The van der Waals surface area contributed by atoms with Gasteiger partial charge in [-0.1, -0.05) is 19.4 Å². The van der Waals surface area contributed by atoms with Gasteiger partial charge in [-0.2, -0.15) is 0 Å². The molecule has 0 bridgehead atoms. The molecule has 0 aliphatic heterocycles. The average Bonchev–Trinajstić information content (AvgIpc) is 2.65. The van der Waals surface area contributed by atoms with E-state index in [0.717, 1.165) is 24.3 Å². The Kier molecular flexibility index (Phi) is 2.91. The Hall–Kier alpha value is -1.09. The van der Waals surface area contributed by atoms with Gasteiger partial charge in [0.15, 0.2) is 0 Å². The van der Waals surface area contributed by atoms with E-state index >= 15 is 0 Å². The monoisotopic (exact) mass is 206 g/mol. The summed E-state index contributed by atoms with van der Waals surface area (Å²) < 4.78 is 0. The van der Waals surface area contributed by atoms with Gasteiger partial charge >= 0.3 is 0 Å². The number of anilines is 1. The fourth-order valence-corrected chi connectivity index (χ4v) is 2.47. The molecule has 0 amide bonds. The molecule has 3 unspecified atom stereocenters. The highest BCUT2D eigenvalue weighted by atomic mass is 16.3. The van der Waals surface area contributed by atoms with E-state index in [1.807, 2.05) is 12.1 Å². The van der Waals surface area contributed by atoms with Crippen molar-refractivity contribution >= 4 is 5.82 Å². The van der Waals surface area contributed by atoms with Gasteiger partial charge in [0.05, 0.1) is 6.10 Å². The van der Waals surface area contributed by atoms with Crippen LogP contribution in [0, 0.1) is 11.8 Å². The van der Waals surface area contributed by atoms with Crippen LogP contribution in [0.25, 0.3) is 0 Å². The number of aliphatic hydroxyl groups is 1. The second-order valence-corrected chi connectivity index (χ2v) is 4.60. The SMILES string of the molecule is CC1CCC(C(O)c2cccnc2N)C1. The standard InChI is InChI=1S/C12H18N2O/c1-8-4-5-9(7-8)11(15)10-3-2-6-14-12(10)13/h2-3,6,8-9,11,15H,4-5,7H2,1H3,(H2,13,14). The van der Waals surface area contributed by atoms with Crippen LogP contribution in [0.4, 0.5) is 5.82 Å². The molecule has 1 aliphatic rings. The predicted molar refractivity (Wildman–Crippen MR) is 60.1 cm³/mol. The Labute approximate surface area is 90.3 Å². The van der Waals surface area contributed by atoms with Gasteiger partial charge in [0.1, 0.15) is 5.82 Å². The summed E-state index contributed by atoms with van der Waals surface area (Å²) in [5.74, 6) is 1.54. The van der Waals surface area contributed by atoms with Gasteiger partial charge in [-0.3, -0.25) is 0 Å². The lowest BCUT2D eigenvalue weighted by atomic mass is 9.94. The van der Waals surface area contributed by atoms with Crippen molar-refractivity contribution in [1.82, 2.24) is 4.98 Å². The molecule has 1 heterocycles. The maximum Gasteiger partial charge on any atom is 0.129 e. The molecule has 3 N–H and O–H groups in total. The lowest BCUT2D eigenvalue weighted by Crippen LogP contribution is -2.12. The van der Waals surface area contributed by atoms with Crippen LogP contribution in [0.5, 0.6) is 0 Å². The fourth-order valence-electron chi connectivity index (χ4n) is 2.47. The Morgan fingerprint density at radius 3 is 2.93 bits per heavy atom. The zero-order valence-corrected chi connectivity index (χ0v) is 9.06. The van der Waals surface area contributed by atoms with Gasteiger partial charge in [0.25, 0.3) is 0 Å². The Bertz CT molecular complexity index is 340. The number of aromatic nitrogens is 1. The van der Waals surface area contributed by atoms with Gasteiger partial charge in [-0.15, -0.1) is 0 Å². The van der Waals surface area contributed by atoms with Crippen LogP contribution < -0.4 is 5.73 Å². The fraction of sp³-hybridized carbons (Fsp3) is 0.583. The zero-order chi connectivity index (χ0) is 10.8. The second kappa shape index (κ2) is 4.19. The van der Waals surface area contributed by atoms with E-state index in [4.69, 9.17) is 5.73 Å². The van der Waals surface area contributed by atoms with E-state index in [0.29, 0.717) is 11.7 Å². The minimum Gasteiger partial charge on any atom is -0.388 e. The molecule has 82 valence electrons. The van der Waals surface area contributed by atoms with E-state index < -0.39 is 6.10 Å². The number of nitrogens with zero attached hydrogens (tertiary/aromatic N) is 1. The highest BCUT2D eigenvalue weighted by Crippen LogP contribution is 2.39. The largest absolute Gasteiger partial charge is 0.388 e. The van der Waals surface area contributed by atoms with Crippen LogP contribution in [-0.2, 0) is 0 Å². The number of rotatable bonds is 2. The van der Waals surface area contributed by atoms with Crippen LogP contribution in [-0.4, -0.2) is 10.1 Å². The van der Waals surface area contributed by atoms with E-state index in [2.05, 4.69) is 11.9 Å². The molecule has 2 rings (SSSR count). The van der Waals surface area contributed by atoms with Crippen LogP contribution >= 0.6 is 0 Å². The van der Waals surface area contributed by atoms with E-state index in [9.17, 15) is 5.11 Å². The van der Waals surface area contributed by atoms with Crippen LogP contribution in [0.3, 0.4) is 0 Å². The minimum absolute atomic E-state index is 0.353. The maximum atomic E-state index is 10.2. The highest BCUT2D eigenvalue weighted by molar-refractivity contribution is 5.40. The first-order chi connectivity index (χ1) is 7.18. The summed E-state index contributed by atoms with van der Waals surface area (Å²) in [6, 6.07) is 3.70. The summed E-state index contributed by atoms with van der Waals surface area (Å²) in [6.45, 7) is 2.24. The number of hydrogen-bond donors (Lipinski definition) is 2. The van der Waals surface area contributed by atoms with Crippen molar-refractivity contribution in [3.8, 4) is 0 Å². The summed E-state index contributed by atoms with van der Waals surface area (Å²) in [5, 5.41) is 10.2. The van der Waals surface area contributed by atoms with Crippen molar-refractivity contribution in [2.24, 2.45) is 11.8 Å². The molecule has 0 spiro atoms. The van der Waals surface area contributed by atoms with Crippen molar-refractivity contribution in [1.29, 1.82) is 0 Å². The third-order valence-electron chi connectivity index (χ3n) is 3.37. The lowest BCUT2D eigenvalue weighted by molar-refractivity contribution is 0.110. The van der Waals surface area contributed by atoms with E-state index in [1.54, 1.807) is 6.20 Å². The van der Waals surface area contributed by atoms with Gasteiger partial charge in [0.2, 0.25) is 0 Å². The molecule has 3 atom stereocenters. The van der Waals surface area contributed by atoms with Gasteiger partial charge in [0, 0.05) is 11.8 Å². The van der Waals surface area contributed by atoms with Crippen LogP contribution in [0.2, 0.25) is 0 Å². The molecule has 15 heavy (non-hydrogen) atoms. The third kappa shape index (κ3) is 2.12.